The number of halogens is 2. The Balaban J connectivity index is 2.78. The molecule has 0 aliphatic heterocycles. The molecule has 0 fully saturated rings. The summed E-state index contributed by atoms with van der Waals surface area (Å²) in [6.07, 6.45) is 0.491. The minimum atomic E-state index is -0.626. The van der Waals surface area contributed by atoms with Crippen LogP contribution in [0.1, 0.15) is 16.7 Å². The van der Waals surface area contributed by atoms with Crippen LogP contribution in [0.3, 0.4) is 0 Å². The van der Waals surface area contributed by atoms with Crippen LogP contribution in [-0.2, 0) is 11.2 Å². The average molecular weight is 231 g/mol. The Labute approximate surface area is 94.0 Å². The van der Waals surface area contributed by atoms with Gasteiger partial charge in [-0.1, -0.05) is 18.2 Å². The first-order valence-corrected chi connectivity index (χ1v) is 5.21. The molecule has 0 N–H and O–H groups in total. The van der Waals surface area contributed by atoms with E-state index in [0.717, 1.165) is 5.56 Å². The van der Waals surface area contributed by atoms with Crippen LogP contribution in [-0.4, -0.2) is 10.6 Å². The molecule has 0 amide bonds. The fraction of sp³-hybridized carbons (Fsp3) is 0.364. The molecule has 0 spiro atoms. The van der Waals surface area contributed by atoms with Crippen LogP contribution in [0.2, 0.25) is 0 Å². The average Bonchev–Trinajstić information content (AvgIpc) is 2.11. The maximum Gasteiger partial charge on any atom is 0.239 e. The van der Waals surface area contributed by atoms with Gasteiger partial charge in [-0.2, -0.15) is 0 Å². The highest BCUT2D eigenvalue weighted by Crippen LogP contribution is 2.14. The molecule has 1 atom stereocenters. The summed E-state index contributed by atoms with van der Waals surface area (Å²) >= 11 is 11.0. The van der Waals surface area contributed by atoms with Gasteiger partial charge in [0.2, 0.25) is 5.24 Å². The first-order chi connectivity index (χ1) is 6.50. The first-order valence-electron chi connectivity index (χ1n) is 4.40. The predicted octanol–water partition coefficient (Wildman–Crippen LogP) is 3.22. The van der Waals surface area contributed by atoms with Gasteiger partial charge in [0.05, 0.1) is 0 Å². The van der Waals surface area contributed by atoms with Gasteiger partial charge in [0, 0.05) is 0 Å². The van der Waals surface area contributed by atoms with E-state index in [1.165, 1.54) is 11.1 Å². The third kappa shape index (κ3) is 3.00. The van der Waals surface area contributed by atoms with Gasteiger partial charge in [0.1, 0.15) is 5.38 Å². The van der Waals surface area contributed by atoms with Crippen LogP contribution in [0.25, 0.3) is 0 Å². The Bertz CT molecular complexity index is 347. The number of carbonyl (C=O) groups excluding carboxylic acids is 1. The van der Waals surface area contributed by atoms with Crippen LogP contribution in [0.5, 0.6) is 0 Å². The maximum absolute atomic E-state index is 10.7. The lowest BCUT2D eigenvalue weighted by Gasteiger charge is -2.06. The van der Waals surface area contributed by atoms with E-state index in [1.54, 1.807) is 0 Å². The van der Waals surface area contributed by atoms with Crippen molar-refractivity contribution in [2.24, 2.45) is 0 Å². The number of benzene rings is 1. The van der Waals surface area contributed by atoms with E-state index in [-0.39, 0.29) is 0 Å². The van der Waals surface area contributed by atoms with Gasteiger partial charge in [-0.15, -0.1) is 11.6 Å². The number of hydrogen-bond acceptors (Lipinski definition) is 1. The van der Waals surface area contributed by atoms with Crippen LogP contribution >= 0.6 is 23.2 Å². The van der Waals surface area contributed by atoms with E-state index in [0.29, 0.717) is 6.42 Å². The Hall–Kier alpha value is -0.530. The lowest BCUT2D eigenvalue weighted by molar-refractivity contribution is -0.111. The third-order valence-electron chi connectivity index (χ3n) is 2.23. The summed E-state index contributed by atoms with van der Waals surface area (Å²) in [5.74, 6) is 0. The van der Waals surface area contributed by atoms with Crippen LogP contribution in [0.4, 0.5) is 0 Å². The zero-order chi connectivity index (χ0) is 10.7. The molecule has 0 aromatic heterocycles. The molecule has 1 aromatic rings. The number of alkyl halides is 1. The van der Waals surface area contributed by atoms with Crippen LogP contribution in [0, 0.1) is 13.8 Å². The van der Waals surface area contributed by atoms with Gasteiger partial charge in [-0.05, 0) is 48.6 Å². The molecular formula is C11H12Cl2O. The summed E-state index contributed by atoms with van der Waals surface area (Å²) in [6, 6.07) is 6.02. The molecule has 14 heavy (non-hydrogen) atoms. The molecule has 0 radical (unpaired) electrons. The molecular weight excluding hydrogens is 219 g/mol. The van der Waals surface area contributed by atoms with E-state index >= 15 is 0 Å². The number of aryl methyl sites for hydroxylation is 2. The van der Waals surface area contributed by atoms with Gasteiger partial charge in [-0.25, -0.2) is 0 Å². The summed E-state index contributed by atoms with van der Waals surface area (Å²) < 4.78 is 0. The van der Waals surface area contributed by atoms with E-state index in [4.69, 9.17) is 23.2 Å². The maximum atomic E-state index is 10.7. The molecule has 0 saturated carbocycles. The van der Waals surface area contributed by atoms with Crippen LogP contribution < -0.4 is 0 Å². The Kier molecular flexibility index (Phi) is 3.97. The second-order valence-corrected chi connectivity index (χ2v) is 4.29. The van der Waals surface area contributed by atoms with Crippen molar-refractivity contribution in [3.8, 4) is 0 Å². The number of hydrogen-bond donors (Lipinski definition) is 0. The topological polar surface area (TPSA) is 17.1 Å². The van der Waals surface area contributed by atoms with Crippen molar-refractivity contribution in [1.82, 2.24) is 0 Å². The molecule has 1 unspecified atom stereocenters. The number of rotatable bonds is 3. The fourth-order valence-electron chi connectivity index (χ4n) is 1.22. The lowest BCUT2D eigenvalue weighted by atomic mass is 10.0. The monoisotopic (exact) mass is 230 g/mol. The summed E-state index contributed by atoms with van der Waals surface area (Å²) in [5.41, 5.74) is 3.48. The van der Waals surface area contributed by atoms with Crippen molar-refractivity contribution in [3.05, 3.63) is 34.9 Å². The van der Waals surface area contributed by atoms with E-state index < -0.39 is 10.6 Å². The SMILES string of the molecule is Cc1ccc(CC(Cl)C(=O)Cl)cc1C. The summed E-state index contributed by atoms with van der Waals surface area (Å²) in [4.78, 5) is 10.7. The standard InChI is InChI=1S/C11H12Cl2O/c1-7-3-4-9(5-8(7)2)6-10(12)11(13)14/h3-5,10H,6H2,1-2H3. The predicted molar refractivity (Wildman–Crippen MR) is 60.1 cm³/mol. The van der Waals surface area contributed by atoms with Crippen molar-refractivity contribution < 1.29 is 4.79 Å². The summed E-state index contributed by atoms with van der Waals surface area (Å²) in [7, 11) is 0. The van der Waals surface area contributed by atoms with Crippen molar-refractivity contribution in [2.75, 3.05) is 0 Å². The smallest absolute Gasteiger partial charge is 0.239 e. The third-order valence-corrected chi connectivity index (χ3v) is 2.96. The lowest BCUT2D eigenvalue weighted by Crippen LogP contribution is -2.11. The normalized spacial score (nSPS) is 12.6. The molecule has 1 nitrogen and oxygen atoms in total. The fourth-order valence-corrected chi connectivity index (χ4v) is 1.47. The zero-order valence-electron chi connectivity index (χ0n) is 8.18. The van der Waals surface area contributed by atoms with Crippen molar-refractivity contribution in [1.29, 1.82) is 0 Å². The Morgan fingerprint density at radius 3 is 2.50 bits per heavy atom. The molecule has 1 aromatic carbocycles. The molecule has 0 heterocycles. The van der Waals surface area contributed by atoms with E-state index in [9.17, 15) is 4.79 Å². The summed E-state index contributed by atoms with van der Waals surface area (Å²) in [5, 5.41) is -1.12. The second-order valence-electron chi connectivity index (χ2n) is 3.39. The zero-order valence-corrected chi connectivity index (χ0v) is 9.69. The van der Waals surface area contributed by atoms with Gasteiger partial charge < -0.3 is 0 Å². The molecule has 0 bridgehead atoms. The molecule has 0 saturated heterocycles. The molecule has 0 aliphatic rings. The highest BCUT2D eigenvalue weighted by atomic mass is 35.5. The summed E-state index contributed by atoms with van der Waals surface area (Å²) in [6.45, 7) is 4.08. The van der Waals surface area contributed by atoms with Crippen molar-refractivity contribution in [3.63, 3.8) is 0 Å². The van der Waals surface area contributed by atoms with Gasteiger partial charge in [-0.3, -0.25) is 4.79 Å². The van der Waals surface area contributed by atoms with Gasteiger partial charge >= 0.3 is 0 Å². The van der Waals surface area contributed by atoms with Crippen LogP contribution in [0.15, 0.2) is 18.2 Å². The molecule has 1 rings (SSSR count). The molecule has 3 heteroatoms. The highest BCUT2D eigenvalue weighted by molar-refractivity contribution is 6.69. The molecule has 76 valence electrons. The number of carbonyl (C=O) groups is 1. The van der Waals surface area contributed by atoms with Crippen molar-refractivity contribution in [2.45, 2.75) is 25.6 Å². The van der Waals surface area contributed by atoms with Crippen molar-refractivity contribution >= 4 is 28.4 Å². The highest BCUT2D eigenvalue weighted by Gasteiger charge is 2.13. The second kappa shape index (κ2) is 4.81. The minimum absolute atomic E-state index is 0.491. The Morgan fingerprint density at radius 1 is 1.36 bits per heavy atom. The largest absolute Gasteiger partial charge is 0.280 e. The van der Waals surface area contributed by atoms with E-state index in [2.05, 4.69) is 0 Å². The van der Waals surface area contributed by atoms with Gasteiger partial charge in [0.25, 0.3) is 0 Å². The van der Waals surface area contributed by atoms with E-state index in [1.807, 2.05) is 32.0 Å². The van der Waals surface area contributed by atoms with Gasteiger partial charge in [0.15, 0.2) is 0 Å². The first kappa shape index (κ1) is 11.5. The quantitative estimate of drug-likeness (QED) is 0.576. The minimum Gasteiger partial charge on any atom is -0.280 e. The molecule has 0 aliphatic carbocycles. The Morgan fingerprint density at radius 2 is 2.00 bits per heavy atom.